The largest absolute Gasteiger partial charge is 0.454 e. The summed E-state index contributed by atoms with van der Waals surface area (Å²) in [6, 6.07) is 5.98. The van der Waals surface area contributed by atoms with E-state index in [2.05, 4.69) is 57.6 Å². The van der Waals surface area contributed by atoms with E-state index in [0.717, 1.165) is 11.1 Å². The molecule has 2 aliphatic heterocycles. The van der Waals surface area contributed by atoms with Crippen molar-refractivity contribution in [3.63, 3.8) is 0 Å². The minimum Gasteiger partial charge on any atom is -0.454 e. The van der Waals surface area contributed by atoms with Gasteiger partial charge in [-0.05, 0) is 34.9 Å². The monoisotopic (exact) mass is 1210 g/mol. The third-order valence-corrected chi connectivity index (χ3v) is 18.0. The minimum atomic E-state index is -0.388. The molecule has 0 saturated heterocycles. The standard InChI is InChI=1S/C47H26Cl14N8O/c1-11-23(48)15-16(25(50)24(11)49)39-62-38(15)63-40-17-18(27(52)33(58)32(57)26(17)51)41(64-40)65-42-19-20(29(54)35(60)34(59)28(19)53)43(66-42)67-44-21-22(45(68-39)69-44)31(56)37(36(61)30(21)55)70-14-9-8-12(46(2,3)4)10-13(14)47(5,6)7/h8-10H,1-7H3,(H2,62,63,64,65,66,67,68,69). The predicted octanol–water partition coefficient (Wildman–Crippen LogP) is 20.7. The zero-order valence-corrected chi connectivity index (χ0v) is 47.2. The first-order valence-electron chi connectivity index (χ1n) is 20.5. The summed E-state index contributed by atoms with van der Waals surface area (Å²) in [6.45, 7) is 14.3. The van der Waals surface area contributed by atoms with Crippen LogP contribution in [0.15, 0.2) is 18.2 Å². The molecule has 23 heteroatoms. The molecule has 2 aliphatic rings. The van der Waals surface area contributed by atoms with Gasteiger partial charge in [-0.2, -0.15) is 0 Å². The van der Waals surface area contributed by atoms with E-state index in [1.54, 1.807) is 6.92 Å². The van der Waals surface area contributed by atoms with Crippen molar-refractivity contribution in [1.29, 1.82) is 0 Å². The van der Waals surface area contributed by atoms with Crippen LogP contribution in [0.2, 0.25) is 70.3 Å². The van der Waals surface area contributed by atoms with Crippen LogP contribution in [0.3, 0.4) is 0 Å². The molecule has 10 rings (SSSR count). The molecular weight excluding hydrogens is 1190 g/mol. The Morgan fingerprint density at radius 1 is 0.386 bits per heavy atom. The summed E-state index contributed by atoms with van der Waals surface area (Å²) < 4.78 is 6.73. The van der Waals surface area contributed by atoms with Crippen molar-refractivity contribution >= 4 is 207 Å². The molecule has 9 nitrogen and oxygen atoms in total. The molecule has 358 valence electrons. The molecule has 5 aromatic carbocycles. The second-order valence-electron chi connectivity index (χ2n) is 18.3. The Balaban J connectivity index is 1.40. The molecule has 0 saturated carbocycles. The van der Waals surface area contributed by atoms with Crippen molar-refractivity contribution < 1.29 is 4.74 Å². The van der Waals surface area contributed by atoms with Crippen molar-refractivity contribution in [3.05, 3.63) is 105 Å². The smallest absolute Gasteiger partial charge is 0.166 e. The van der Waals surface area contributed by atoms with E-state index in [1.165, 1.54) is 0 Å². The van der Waals surface area contributed by atoms with E-state index in [0.29, 0.717) is 16.7 Å². The molecule has 8 bridgehead atoms. The molecular formula is C47H26Cl14N8O. The maximum absolute atomic E-state index is 7.50. The number of hydrogen-bond donors (Lipinski definition) is 2. The SMILES string of the molecule is Cc1c(Cl)c(Cl)c2c3nc4nc(nc5[nH]c(nc6nc(nc([nH]3)c2c1Cl)-c1c(Cl)c(Cl)c(Cl)c(Cl)c1-6)c1c(Cl)c(Cl)c(Cl)c(Cl)c51)-c1c(Cl)c(Cl)c(Oc2ccc(C(C)(C)C)cc2C(C)(C)C)c(Cl)c1-4. The number of nitrogens with zero attached hydrogens (tertiary/aromatic N) is 6. The van der Waals surface area contributed by atoms with Crippen LogP contribution in [0.1, 0.15) is 58.2 Å². The van der Waals surface area contributed by atoms with E-state index in [1.807, 2.05) is 12.1 Å². The Morgan fingerprint density at radius 3 is 1.14 bits per heavy atom. The number of aromatic nitrogens is 8. The molecule has 5 heterocycles. The van der Waals surface area contributed by atoms with Gasteiger partial charge in [-0.1, -0.05) is 216 Å². The first-order chi connectivity index (χ1) is 32.7. The Bertz CT molecular complexity index is 3900. The van der Waals surface area contributed by atoms with Crippen LogP contribution in [0.25, 0.3) is 89.7 Å². The van der Waals surface area contributed by atoms with Crippen LogP contribution in [-0.4, -0.2) is 39.9 Å². The number of benzene rings is 5. The third-order valence-electron chi connectivity index (χ3n) is 11.8. The molecule has 0 unspecified atom stereocenters. The van der Waals surface area contributed by atoms with Crippen LogP contribution in [0.4, 0.5) is 0 Å². The van der Waals surface area contributed by atoms with Crippen molar-refractivity contribution in [2.45, 2.75) is 59.3 Å². The Morgan fingerprint density at radius 2 is 0.743 bits per heavy atom. The van der Waals surface area contributed by atoms with Crippen molar-refractivity contribution in [1.82, 2.24) is 39.9 Å². The van der Waals surface area contributed by atoms with Gasteiger partial charge in [-0.25, -0.2) is 29.9 Å². The van der Waals surface area contributed by atoms with Gasteiger partial charge < -0.3 is 14.7 Å². The number of fused-ring (bicyclic) bond motifs is 20. The molecule has 70 heavy (non-hydrogen) atoms. The predicted molar refractivity (Wildman–Crippen MR) is 295 cm³/mol. The number of H-pyrrole nitrogens is 2. The van der Waals surface area contributed by atoms with E-state index in [4.69, 9.17) is 197 Å². The second kappa shape index (κ2) is 17.7. The summed E-state index contributed by atoms with van der Waals surface area (Å²) in [6.07, 6.45) is 0. The fourth-order valence-corrected chi connectivity index (χ4v) is 12.0. The number of halogens is 14. The van der Waals surface area contributed by atoms with E-state index in [-0.39, 0.29) is 171 Å². The molecule has 0 spiro atoms. The molecule has 3 aromatic heterocycles. The maximum Gasteiger partial charge on any atom is 0.166 e. The highest BCUT2D eigenvalue weighted by Gasteiger charge is 2.35. The van der Waals surface area contributed by atoms with E-state index < -0.39 is 0 Å². The topological polar surface area (TPSA) is 118 Å². The fraction of sp³-hybridized carbons (Fsp3) is 0.191. The van der Waals surface area contributed by atoms with Crippen molar-refractivity contribution in [3.8, 4) is 57.1 Å². The van der Waals surface area contributed by atoms with Gasteiger partial charge in [-0.15, -0.1) is 0 Å². The zero-order chi connectivity index (χ0) is 50.7. The average Bonchev–Trinajstić information content (AvgIpc) is 4.05. The van der Waals surface area contributed by atoms with Gasteiger partial charge >= 0.3 is 0 Å². The highest BCUT2D eigenvalue weighted by Crippen LogP contribution is 2.56. The third kappa shape index (κ3) is 7.78. The molecule has 0 aliphatic carbocycles. The molecule has 0 atom stereocenters. The summed E-state index contributed by atoms with van der Waals surface area (Å²) in [5, 5.41) is 0.774. The lowest BCUT2D eigenvalue weighted by Gasteiger charge is -2.27. The van der Waals surface area contributed by atoms with Gasteiger partial charge in [0.05, 0.1) is 98.3 Å². The van der Waals surface area contributed by atoms with Crippen LogP contribution in [0.5, 0.6) is 11.5 Å². The Labute approximate surface area is 468 Å². The second-order valence-corrected chi connectivity index (χ2v) is 23.6. The summed E-state index contributed by atoms with van der Waals surface area (Å²) in [5.41, 5.74) is 2.79. The lowest BCUT2D eigenvalue weighted by Crippen LogP contribution is -2.17. The fourth-order valence-electron chi connectivity index (χ4n) is 8.26. The summed E-state index contributed by atoms with van der Waals surface area (Å²) >= 11 is 97.8. The Hall–Kier alpha value is -2.68. The number of aromatic amines is 2. The van der Waals surface area contributed by atoms with Crippen molar-refractivity contribution in [2.75, 3.05) is 0 Å². The first-order valence-corrected chi connectivity index (χ1v) is 25.8. The summed E-state index contributed by atoms with van der Waals surface area (Å²) in [4.78, 5) is 36.2. The van der Waals surface area contributed by atoms with Gasteiger partial charge in [0.1, 0.15) is 33.4 Å². The van der Waals surface area contributed by atoms with Gasteiger partial charge in [0.15, 0.2) is 29.0 Å². The zero-order valence-electron chi connectivity index (χ0n) is 36.6. The summed E-state index contributed by atoms with van der Waals surface area (Å²) in [7, 11) is 0. The van der Waals surface area contributed by atoms with E-state index in [9.17, 15) is 0 Å². The van der Waals surface area contributed by atoms with Crippen molar-refractivity contribution in [2.24, 2.45) is 0 Å². The van der Waals surface area contributed by atoms with E-state index >= 15 is 0 Å². The average molecular weight is 1220 g/mol. The lowest BCUT2D eigenvalue weighted by atomic mass is 9.80. The quantitative estimate of drug-likeness (QED) is 0.131. The minimum absolute atomic E-state index is 0.0155. The highest BCUT2D eigenvalue weighted by atomic mass is 35.5. The number of nitrogens with one attached hydrogen (secondary N) is 2. The number of rotatable bonds is 2. The van der Waals surface area contributed by atoms with Gasteiger partial charge in [0, 0.05) is 16.3 Å². The molecule has 8 aromatic rings. The lowest BCUT2D eigenvalue weighted by molar-refractivity contribution is 0.454. The van der Waals surface area contributed by atoms with Gasteiger partial charge in [0.25, 0.3) is 0 Å². The van der Waals surface area contributed by atoms with Crippen LogP contribution in [-0.2, 0) is 10.8 Å². The number of ether oxygens (including phenoxy) is 1. The van der Waals surface area contributed by atoms with Crippen LogP contribution in [0, 0.1) is 6.92 Å². The van der Waals surface area contributed by atoms with Crippen LogP contribution < -0.4 is 4.74 Å². The molecule has 0 fully saturated rings. The van der Waals surface area contributed by atoms with Gasteiger partial charge in [0.2, 0.25) is 0 Å². The first kappa shape index (κ1) is 50.8. The molecule has 0 radical (unpaired) electrons. The molecule has 2 N–H and O–H groups in total. The Kier molecular flexibility index (Phi) is 12.9. The summed E-state index contributed by atoms with van der Waals surface area (Å²) in [5.74, 6) is 0.354. The van der Waals surface area contributed by atoms with Crippen LogP contribution >= 0.6 is 162 Å². The van der Waals surface area contributed by atoms with Gasteiger partial charge in [-0.3, -0.25) is 0 Å². The number of hydrogen-bond acceptors (Lipinski definition) is 7. The maximum atomic E-state index is 7.50. The highest BCUT2D eigenvalue weighted by molar-refractivity contribution is 6.57. The molecule has 0 amide bonds. The normalized spacial score (nSPS) is 12.6.